The van der Waals surface area contributed by atoms with Crippen molar-refractivity contribution in [3.8, 4) is 0 Å². The van der Waals surface area contributed by atoms with Gasteiger partial charge in [0.15, 0.2) is 0 Å². The first-order valence-electron chi connectivity index (χ1n) is 7.48. The number of piperazine rings is 1. The lowest BCUT2D eigenvalue weighted by atomic mass is 9.84. The molecule has 116 valence electrons. The molecule has 0 aromatic rings. The van der Waals surface area contributed by atoms with Gasteiger partial charge in [-0.1, -0.05) is 27.7 Å². The summed E-state index contributed by atoms with van der Waals surface area (Å²) in [5.74, 6) is 1.06. The van der Waals surface area contributed by atoms with Crippen molar-refractivity contribution in [1.29, 1.82) is 0 Å². The standard InChI is InChI=1S/C15H28N2O2S/c1-7-15(8-2)14(19)17(11(5)9-20-6)12(10(3)4)13(18)16-15/h10-12H,7-9H2,1-6H3,(H,16,18). The van der Waals surface area contributed by atoms with Crippen LogP contribution in [0.25, 0.3) is 0 Å². The van der Waals surface area contributed by atoms with Gasteiger partial charge in [-0.15, -0.1) is 0 Å². The maximum Gasteiger partial charge on any atom is 0.249 e. The highest BCUT2D eigenvalue weighted by atomic mass is 32.2. The van der Waals surface area contributed by atoms with Crippen molar-refractivity contribution in [2.45, 2.75) is 65.1 Å². The Morgan fingerprint density at radius 1 is 1.25 bits per heavy atom. The lowest BCUT2D eigenvalue weighted by Gasteiger charge is -2.49. The fourth-order valence-electron chi connectivity index (χ4n) is 3.01. The fraction of sp³-hybridized carbons (Fsp3) is 0.867. The Hall–Kier alpha value is -0.710. The molecule has 2 amide bonds. The van der Waals surface area contributed by atoms with E-state index in [2.05, 4.69) is 5.32 Å². The second-order valence-corrected chi connectivity index (χ2v) is 6.89. The molecule has 1 aliphatic heterocycles. The molecule has 0 spiro atoms. The van der Waals surface area contributed by atoms with Crippen LogP contribution >= 0.6 is 11.8 Å². The first-order chi connectivity index (χ1) is 9.34. The van der Waals surface area contributed by atoms with Crippen LogP contribution in [0, 0.1) is 5.92 Å². The Kier molecular flexibility index (Phi) is 5.92. The average molecular weight is 300 g/mol. The summed E-state index contributed by atoms with van der Waals surface area (Å²) in [5, 5.41) is 3.00. The quantitative estimate of drug-likeness (QED) is 0.819. The Labute approximate surface area is 127 Å². The van der Waals surface area contributed by atoms with Gasteiger partial charge in [0.2, 0.25) is 11.8 Å². The maximum atomic E-state index is 13.0. The second-order valence-electron chi connectivity index (χ2n) is 5.98. The van der Waals surface area contributed by atoms with Crippen molar-refractivity contribution in [2.75, 3.05) is 12.0 Å². The van der Waals surface area contributed by atoms with Gasteiger partial charge in [-0.05, 0) is 31.9 Å². The third kappa shape index (κ3) is 2.97. The van der Waals surface area contributed by atoms with E-state index >= 15 is 0 Å². The summed E-state index contributed by atoms with van der Waals surface area (Å²) in [6.45, 7) is 9.98. The minimum absolute atomic E-state index is 0.00347. The molecule has 0 radical (unpaired) electrons. The van der Waals surface area contributed by atoms with Crippen LogP contribution in [-0.2, 0) is 9.59 Å². The minimum Gasteiger partial charge on any atom is -0.340 e. The van der Waals surface area contributed by atoms with E-state index in [1.54, 1.807) is 11.8 Å². The number of nitrogens with zero attached hydrogens (tertiary/aromatic N) is 1. The minimum atomic E-state index is -0.713. The molecule has 1 heterocycles. The summed E-state index contributed by atoms with van der Waals surface area (Å²) in [4.78, 5) is 27.4. The number of rotatable bonds is 6. The van der Waals surface area contributed by atoms with E-state index in [9.17, 15) is 9.59 Å². The van der Waals surface area contributed by atoms with Gasteiger partial charge < -0.3 is 10.2 Å². The van der Waals surface area contributed by atoms with Gasteiger partial charge in [-0.25, -0.2) is 0 Å². The van der Waals surface area contributed by atoms with E-state index in [1.165, 1.54) is 0 Å². The van der Waals surface area contributed by atoms with E-state index in [0.717, 1.165) is 5.75 Å². The molecule has 1 saturated heterocycles. The van der Waals surface area contributed by atoms with Crippen LogP contribution in [-0.4, -0.2) is 46.3 Å². The molecule has 0 aromatic carbocycles. The SMILES string of the molecule is CCC1(CC)NC(=O)C(C(C)C)N(C(C)CSC)C1=O. The molecule has 1 rings (SSSR count). The molecule has 0 aliphatic carbocycles. The molecule has 5 heteroatoms. The van der Waals surface area contributed by atoms with Crippen molar-refractivity contribution >= 4 is 23.6 Å². The Morgan fingerprint density at radius 2 is 1.80 bits per heavy atom. The van der Waals surface area contributed by atoms with E-state index in [-0.39, 0.29) is 29.8 Å². The van der Waals surface area contributed by atoms with Crippen molar-refractivity contribution < 1.29 is 9.59 Å². The van der Waals surface area contributed by atoms with Crippen molar-refractivity contribution in [1.82, 2.24) is 10.2 Å². The molecule has 1 N–H and O–H groups in total. The number of hydrogen-bond acceptors (Lipinski definition) is 3. The number of carbonyl (C=O) groups excluding carboxylic acids is 2. The second kappa shape index (κ2) is 6.83. The summed E-state index contributed by atoms with van der Waals surface area (Å²) in [5.41, 5.74) is -0.713. The third-order valence-corrected chi connectivity index (χ3v) is 5.11. The zero-order valence-corrected chi connectivity index (χ0v) is 14.3. The summed E-state index contributed by atoms with van der Waals surface area (Å²) in [7, 11) is 0. The number of nitrogens with one attached hydrogen (secondary N) is 1. The molecule has 20 heavy (non-hydrogen) atoms. The first kappa shape index (κ1) is 17.3. The summed E-state index contributed by atoms with van der Waals surface area (Å²) in [6.07, 6.45) is 3.31. The Morgan fingerprint density at radius 3 is 2.20 bits per heavy atom. The molecule has 1 fully saturated rings. The van der Waals surface area contributed by atoms with Crippen LogP contribution in [0.1, 0.15) is 47.5 Å². The van der Waals surface area contributed by atoms with Crippen LogP contribution in [0.3, 0.4) is 0 Å². The van der Waals surface area contributed by atoms with Gasteiger partial charge in [-0.3, -0.25) is 9.59 Å². The molecule has 2 unspecified atom stereocenters. The average Bonchev–Trinajstić information content (AvgIpc) is 2.40. The molecule has 0 bridgehead atoms. The van der Waals surface area contributed by atoms with Crippen molar-refractivity contribution in [3.05, 3.63) is 0 Å². The highest BCUT2D eigenvalue weighted by molar-refractivity contribution is 7.98. The van der Waals surface area contributed by atoms with Gasteiger partial charge in [0.25, 0.3) is 0 Å². The zero-order chi connectivity index (χ0) is 15.5. The lowest BCUT2D eigenvalue weighted by molar-refractivity contribution is -0.159. The maximum absolute atomic E-state index is 13.0. The summed E-state index contributed by atoms with van der Waals surface area (Å²) >= 11 is 1.71. The Bertz CT molecular complexity index is 367. The van der Waals surface area contributed by atoms with Crippen LogP contribution in [0.2, 0.25) is 0 Å². The monoisotopic (exact) mass is 300 g/mol. The topological polar surface area (TPSA) is 49.4 Å². The van der Waals surface area contributed by atoms with Crippen molar-refractivity contribution in [3.63, 3.8) is 0 Å². The van der Waals surface area contributed by atoms with E-state index in [4.69, 9.17) is 0 Å². The number of carbonyl (C=O) groups is 2. The summed E-state index contributed by atoms with van der Waals surface area (Å²) < 4.78 is 0. The van der Waals surface area contributed by atoms with Crippen LogP contribution in [0.5, 0.6) is 0 Å². The number of amides is 2. The molecule has 0 aromatic heterocycles. The predicted molar refractivity (Wildman–Crippen MR) is 84.8 cm³/mol. The van der Waals surface area contributed by atoms with Gasteiger partial charge in [0.05, 0.1) is 0 Å². The number of thioether (sulfide) groups is 1. The van der Waals surface area contributed by atoms with Gasteiger partial charge in [-0.2, -0.15) is 11.8 Å². The van der Waals surface area contributed by atoms with Crippen LogP contribution in [0.15, 0.2) is 0 Å². The van der Waals surface area contributed by atoms with Gasteiger partial charge >= 0.3 is 0 Å². The largest absolute Gasteiger partial charge is 0.340 e. The van der Waals surface area contributed by atoms with Crippen molar-refractivity contribution in [2.24, 2.45) is 5.92 Å². The van der Waals surface area contributed by atoms with Gasteiger partial charge in [0, 0.05) is 11.8 Å². The van der Waals surface area contributed by atoms with E-state index in [0.29, 0.717) is 12.8 Å². The highest BCUT2D eigenvalue weighted by Crippen LogP contribution is 2.30. The highest BCUT2D eigenvalue weighted by Gasteiger charge is 2.50. The molecular formula is C15H28N2O2S. The molecular weight excluding hydrogens is 272 g/mol. The van der Waals surface area contributed by atoms with Gasteiger partial charge in [0.1, 0.15) is 11.6 Å². The first-order valence-corrected chi connectivity index (χ1v) is 8.87. The molecule has 4 nitrogen and oxygen atoms in total. The van der Waals surface area contributed by atoms with Crippen LogP contribution < -0.4 is 5.32 Å². The smallest absolute Gasteiger partial charge is 0.249 e. The summed E-state index contributed by atoms with van der Waals surface area (Å²) in [6, 6.07) is -0.274. The molecule has 0 saturated carbocycles. The number of hydrogen-bond donors (Lipinski definition) is 1. The van der Waals surface area contributed by atoms with Crippen LogP contribution in [0.4, 0.5) is 0 Å². The predicted octanol–water partition coefficient (Wildman–Crippen LogP) is 2.28. The zero-order valence-electron chi connectivity index (χ0n) is 13.5. The molecule has 2 atom stereocenters. The van der Waals surface area contributed by atoms with E-state index < -0.39 is 5.54 Å². The fourth-order valence-corrected chi connectivity index (χ4v) is 3.66. The third-order valence-electron chi connectivity index (χ3n) is 4.30. The lowest BCUT2D eigenvalue weighted by Crippen LogP contribution is -2.72. The van der Waals surface area contributed by atoms with E-state index in [1.807, 2.05) is 45.8 Å². The Balaban J connectivity index is 3.20. The molecule has 1 aliphatic rings. The normalized spacial score (nSPS) is 23.9.